The Bertz CT molecular complexity index is 819. The molecule has 0 saturated carbocycles. The fourth-order valence-electron chi connectivity index (χ4n) is 2.63. The van der Waals surface area contributed by atoms with Crippen LogP contribution in [0, 0.1) is 0 Å². The molecule has 0 fully saturated rings. The van der Waals surface area contributed by atoms with Gasteiger partial charge in [-0.15, -0.1) is 0 Å². The summed E-state index contributed by atoms with van der Waals surface area (Å²) in [6.07, 6.45) is 3.55. The fourth-order valence-corrected chi connectivity index (χ4v) is 2.90. The molecule has 0 bridgehead atoms. The minimum atomic E-state index is 0.120. The molecular formula is C20H21BrN4. The van der Waals surface area contributed by atoms with Crippen molar-refractivity contribution in [1.29, 1.82) is 0 Å². The summed E-state index contributed by atoms with van der Waals surface area (Å²) in [5.41, 5.74) is 9.55. The fraction of sp³-hybridized carbons (Fsp3) is 0.200. The second kappa shape index (κ2) is 8.12. The third-order valence-electron chi connectivity index (χ3n) is 4.14. The van der Waals surface area contributed by atoms with Gasteiger partial charge < -0.3 is 11.1 Å². The zero-order valence-electron chi connectivity index (χ0n) is 14.1. The molecule has 1 unspecified atom stereocenters. The van der Waals surface area contributed by atoms with Crippen molar-refractivity contribution >= 4 is 27.7 Å². The molecule has 0 aliphatic heterocycles. The van der Waals surface area contributed by atoms with Crippen LogP contribution >= 0.6 is 15.9 Å². The van der Waals surface area contributed by atoms with Crippen LogP contribution in [0.5, 0.6) is 0 Å². The summed E-state index contributed by atoms with van der Waals surface area (Å²) in [4.78, 5) is 8.83. The van der Waals surface area contributed by atoms with Crippen LogP contribution in [0.1, 0.15) is 29.7 Å². The lowest BCUT2D eigenvalue weighted by molar-refractivity contribution is 0.855. The predicted octanol–water partition coefficient (Wildman–Crippen LogP) is 4.78. The Kier molecular flexibility index (Phi) is 5.66. The van der Waals surface area contributed by atoms with E-state index in [-0.39, 0.29) is 6.04 Å². The Morgan fingerprint density at radius 2 is 1.76 bits per heavy atom. The van der Waals surface area contributed by atoms with Crippen LogP contribution in [0.4, 0.5) is 11.8 Å². The smallest absolute Gasteiger partial charge is 0.225 e. The van der Waals surface area contributed by atoms with Gasteiger partial charge in [0.05, 0.1) is 6.04 Å². The average Bonchev–Trinajstić information content (AvgIpc) is 2.63. The molecule has 0 spiro atoms. The maximum Gasteiger partial charge on any atom is 0.225 e. The largest absolute Gasteiger partial charge is 0.383 e. The van der Waals surface area contributed by atoms with Crippen LogP contribution in [-0.4, -0.2) is 9.97 Å². The molecule has 1 heterocycles. The van der Waals surface area contributed by atoms with Gasteiger partial charge in [0.25, 0.3) is 0 Å². The minimum Gasteiger partial charge on any atom is -0.383 e. The standard InChI is InChI=1S/C20H21BrN4/c1-14(16-5-3-2-4-6-16)24-20-23-13-17(19(22)25-20)10-7-15-8-11-18(21)12-9-15/h2-6,8-9,11-14H,7,10H2,1H3,(H3,22,23,24,25). The van der Waals surface area contributed by atoms with E-state index < -0.39 is 0 Å². The molecule has 0 saturated heterocycles. The highest BCUT2D eigenvalue weighted by atomic mass is 79.9. The van der Waals surface area contributed by atoms with Gasteiger partial charge in [-0.3, -0.25) is 0 Å². The molecule has 25 heavy (non-hydrogen) atoms. The second-order valence-electron chi connectivity index (χ2n) is 6.01. The highest BCUT2D eigenvalue weighted by Gasteiger charge is 2.09. The summed E-state index contributed by atoms with van der Waals surface area (Å²) in [7, 11) is 0. The SMILES string of the molecule is CC(Nc1ncc(CCc2ccc(Br)cc2)c(N)n1)c1ccccc1. The van der Waals surface area contributed by atoms with Crippen LogP contribution in [0.2, 0.25) is 0 Å². The number of nitrogens with two attached hydrogens (primary N) is 1. The monoisotopic (exact) mass is 396 g/mol. The number of anilines is 2. The lowest BCUT2D eigenvalue weighted by Gasteiger charge is -2.15. The Hall–Kier alpha value is -2.40. The van der Waals surface area contributed by atoms with E-state index in [0.717, 1.165) is 22.9 Å². The van der Waals surface area contributed by atoms with Crippen LogP contribution in [-0.2, 0) is 12.8 Å². The predicted molar refractivity (Wildman–Crippen MR) is 106 cm³/mol. The molecule has 1 atom stereocenters. The Labute approximate surface area is 156 Å². The number of halogens is 1. The molecule has 2 aromatic carbocycles. The van der Waals surface area contributed by atoms with Crippen molar-refractivity contribution in [1.82, 2.24) is 9.97 Å². The Morgan fingerprint density at radius 3 is 2.44 bits per heavy atom. The summed E-state index contributed by atoms with van der Waals surface area (Å²) in [6.45, 7) is 2.08. The Balaban J connectivity index is 1.63. The van der Waals surface area contributed by atoms with Gasteiger partial charge in [-0.2, -0.15) is 4.98 Å². The van der Waals surface area contributed by atoms with Crippen molar-refractivity contribution in [3.05, 3.63) is 82.0 Å². The van der Waals surface area contributed by atoms with E-state index in [0.29, 0.717) is 11.8 Å². The third kappa shape index (κ3) is 4.79. The highest BCUT2D eigenvalue weighted by Crippen LogP contribution is 2.19. The first kappa shape index (κ1) is 17.4. The van der Waals surface area contributed by atoms with Gasteiger partial charge in [0.1, 0.15) is 5.82 Å². The van der Waals surface area contributed by atoms with Crippen molar-refractivity contribution in [2.45, 2.75) is 25.8 Å². The Morgan fingerprint density at radius 1 is 1.04 bits per heavy atom. The average molecular weight is 397 g/mol. The van der Waals surface area contributed by atoms with E-state index in [2.05, 4.69) is 62.4 Å². The normalized spacial score (nSPS) is 11.9. The molecule has 1 aromatic heterocycles. The van der Waals surface area contributed by atoms with Crippen molar-refractivity contribution in [3.63, 3.8) is 0 Å². The molecule has 5 heteroatoms. The highest BCUT2D eigenvalue weighted by molar-refractivity contribution is 9.10. The molecule has 3 aromatic rings. The van der Waals surface area contributed by atoms with E-state index >= 15 is 0 Å². The van der Waals surface area contributed by atoms with Gasteiger partial charge in [-0.05, 0) is 43.0 Å². The minimum absolute atomic E-state index is 0.120. The van der Waals surface area contributed by atoms with Crippen LogP contribution in [0.25, 0.3) is 0 Å². The number of hydrogen-bond donors (Lipinski definition) is 2. The van der Waals surface area contributed by atoms with E-state index in [1.165, 1.54) is 11.1 Å². The van der Waals surface area contributed by atoms with E-state index in [4.69, 9.17) is 5.73 Å². The van der Waals surface area contributed by atoms with Crippen molar-refractivity contribution in [3.8, 4) is 0 Å². The van der Waals surface area contributed by atoms with E-state index in [1.54, 1.807) is 0 Å². The number of aromatic nitrogens is 2. The van der Waals surface area contributed by atoms with Gasteiger partial charge in [0.2, 0.25) is 5.95 Å². The zero-order valence-corrected chi connectivity index (χ0v) is 15.7. The summed E-state index contributed by atoms with van der Waals surface area (Å²) < 4.78 is 1.09. The van der Waals surface area contributed by atoms with Gasteiger partial charge in [-0.25, -0.2) is 4.98 Å². The zero-order chi connectivity index (χ0) is 17.6. The first-order chi connectivity index (χ1) is 12.1. The maximum absolute atomic E-state index is 6.13. The number of aryl methyl sites for hydroxylation is 2. The van der Waals surface area contributed by atoms with Crippen molar-refractivity contribution in [2.24, 2.45) is 0 Å². The molecule has 3 N–H and O–H groups in total. The molecular weight excluding hydrogens is 376 g/mol. The quantitative estimate of drug-likeness (QED) is 0.629. The number of benzene rings is 2. The first-order valence-corrected chi connectivity index (χ1v) is 9.08. The molecule has 128 valence electrons. The van der Waals surface area contributed by atoms with Crippen molar-refractivity contribution < 1.29 is 0 Å². The lowest BCUT2D eigenvalue weighted by atomic mass is 10.1. The summed E-state index contributed by atoms with van der Waals surface area (Å²) in [5.74, 6) is 1.09. The molecule has 4 nitrogen and oxygen atoms in total. The summed E-state index contributed by atoms with van der Waals surface area (Å²) in [5, 5.41) is 3.30. The van der Waals surface area contributed by atoms with Gasteiger partial charge in [0.15, 0.2) is 0 Å². The van der Waals surface area contributed by atoms with Gasteiger partial charge in [0, 0.05) is 16.2 Å². The van der Waals surface area contributed by atoms with Crippen molar-refractivity contribution in [2.75, 3.05) is 11.1 Å². The summed E-state index contributed by atoms with van der Waals surface area (Å²) >= 11 is 3.45. The van der Waals surface area contributed by atoms with Crippen LogP contribution < -0.4 is 11.1 Å². The third-order valence-corrected chi connectivity index (χ3v) is 4.67. The molecule has 0 radical (unpaired) electrons. The molecule has 3 rings (SSSR count). The summed E-state index contributed by atoms with van der Waals surface area (Å²) in [6, 6.07) is 18.6. The van der Waals surface area contributed by atoms with E-state index in [1.807, 2.05) is 36.5 Å². The topological polar surface area (TPSA) is 63.8 Å². The van der Waals surface area contributed by atoms with Crippen LogP contribution in [0.15, 0.2) is 65.3 Å². The number of rotatable bonds is 6. The molecule has 0 aliphatic rings. The number of hydrogen-bond acceptors (Lipinski definition) is 4. The van der Waals surface area contributed by atoms with Gasteiger partial charge >= 0.3 is 0 Å². The molecule has 0 aliphatic carbocycles. The lowest BCUT2D eigenvalue weighted by Crippen LogP contribution is -2.11. The van der Waals surface area contributed by atoms with E-state index in [9.17, 15) is 0 Å². The maximum atomic E-state index is 6.13. The number of nitrogens with one attached hydrogen (secondary N) is 1. The van der Waals surface area contributed by atoms with Gasteiger partial charge in [-0.1, -0.05) is 58.4 Å². The first-order valence-electron chi connectivity index (χ1n) is 8.29. The molecule has 0 amide bonds. The second-order valence-corrected chi connectivity index (χ2v) is 6.92. The number of nitrogens with zero attached hydrogens (tertiary/aromatic N) is 2. The number of nitrogen functional groups attached to an aromatic ring is 1. The van der Waals surface area contributed by atoms with Crippen LogP contribution in [0.3, 0.4) is 0 Å².